The third kappa shape index (κ3) is 4.83. The number of alkyl halides is 2. The molecular formula is C26H22F2N6O3. The molecule has 37 heavy (non-hydrogen) atoms. The second-order valence-corrected chi connectivity index (χ2v) is 8.09. The maximum atomic E-state index is 13.9. The van der Waals surface area contributed by atoms with E-state index in [2.05, 4.69) is 20.5 Å². The number of para-hydroxylation sites is 1. The number of fused-ring (bicyclic) bond motifs is 1. The minimum Gasteiger partial charge on any atom is -0.497 e. The van der Waals surface area contributed by atoms with Crippen LogP contribution in [0.25, 0.3) is 16.9 Å². The van der Waals surface area contributed by atoms with Gasteiger partial charge in [-0.2, -0.15) is 10.2 Å². The van der Waals surface area contributed by atoms with Crippen LogP contribution in [0.3, 0.4) is 0 Å². The van der Waals surface area contributed by atoms with E-state index in [-0.39, 0.29) is 16.9 Å². The monoisotopic (exact) mass is 504 g/mol. The summed E-state index contributed by atoms with van der Waals surface area (Å²) in [4.78, 5) is 17.6. The molecule has 3 heterocycles. The predicted octanol–water partition coefficient (Wildman–Crippen LogP) is 4.85. The van der Waals surface area contributed by atoms with Crippen LogP contribution in [0.5, 0.6) is 11.5 Å². The Morgan fingerprint density at radius 3 is 2.65 bits per heavy atom. The van der Waals surface area contributed by atoms with E-state index in [1.54, 1.807) is 42.3 Å². The number of carbonyl (C=O) groups is 1. The lowest BCUT2D eigenvalue weighted by Crippen LogP contribution is -2.12. The molecule has 0 unspecified atom stereocenters. The summed E-state index contributed by atoms with van der Waals surface area (Å²) in [5, 5.41) is 11.0. The Labute approximate surface area is 210 Å². The number of anilines is 1. The fourth-order valence-electron chi connectivity index (χ4n) is 3.97. The Morgan fingerprint density at radius 2 is 1.86 bits per heavy atom. The summed E-state index contributed by atoms with van der Waals surface area (Å²) in [6.07, 6.45) is 1.55. The van der Waals surface area contributed by atoms with E-state index in [0.717, 1.165) is 15.8 Å². The molecule has 0 bridgehead atoms. The smallest absolute Gasteiger partial charge is 0.280 e. The Hall–Kier alpha value is -4.80. The van der Waals surface area contributed by atoms with Crippen molar-refractivity contribution in [2.45, 2.75) is 13.0 Å². The van der Waals surface area contributed by atoms with Gasteiger partial charge in [-0.25, -0.2) is 18.3 Å². The highest BCUT2D eigenvalue weighted by atomic mass is 19.3. The maximum Gasteiger partial charge on any atom is 0.280 e. The molecule has 0 aliphatic rings. The van der Waals surface area contributed by atoms with Gasteiger partial charge in [0.15, 0.2) is 5.65 Å². The van der Waals surface area contributed by atoms with Gasteiger partial charge in [0.1, 0.15) is 22.8 Å². The third-order valence-electron chi connectivity index (χ3n) is 5.72. The van der Waals surface area contributed by atoms with Crippen LogP contribution in [0.1, 0.15) is 28.0 Å². The van der Waals surface area contributed by atoms with Crippen LogP contribution >= 0.6 is 0 Å². The Morgan fingerprint density at radius 1 is 1.03 bits per heavy atom. The molecule has 0 fully saturated rings. The molecule has 0 aliphatic carbocycles. The number of methoxy groups -OCH3 is 2. The number of benzene rings is 2. The minimum atomic E-state index is -2.84. The van der Waals surface area contributed by atoms with Crippen molar-refractivity contribution in [1.29, 1.82) is 0 Å². The second-order valence-electron chi connectivity index (χ2n) is 8.09. The van der Waals surface area contributed by atoms with Gasteiger partial charge in [-0.15, -0.1) is 0 Å². The zero-order chi connectivity index (χ0) is 25.9. The number of carbonyl (C=O) groups excluding carboxylic acids is 1. The lowest BCUT2D eigenvalue weighted by atomic mass is 10.1. The molecule has 188 valence electrons. The molecule has 0 radical (unpaired) electrons. The van der Waals surface area contributed by atoms with Gasteiger partial charge in [-0.1, -0.05) is 24.3 Å². The number of hydrogen-bond donors (Lipinski definition) is 1. The number of nitrogens with one attached hydrogen (secondary N) is 1. The standard InChI is InChI=1S/C26H22F2N6O3/c1-36-18-7-5-6-16(10-18)14-33-15-17(12-29-33)31-26(35)20-13-30-34-22(24(27)28)11-21(32-25(20)34)19-8-3-4-9-23(19)37-2/h3-13,15,24H,14H2,1-2H3,(H,31,35). The zero-order valence-electron chi connectivity index (χ0n) is 19.9. The van der Waals surface area contributed by atoms with Crippen molar-refractivity contribution >= 4 is 17.2 Å². The molecule has 0 spiro atoms. The van der Waals surface area contributed by atoms with Crippen LogP contribution in [-0.2, 0) is 6.54 Å². The van der Waals surface area contributed by atoms with Gasteiger partial charge >= 0.3 is 0 Å². The summed E-state index contributed by atoms with van der Waals surface area (Å²) in [7, 11) is 3.08. The Kier molecular flexibility index (Phi) is 6.50. The quantitative estimate of drug-likeness (QED) is 0.325. The van der Waals surface area contributed by atoms with E-state index in [1.165, 1.54) is 25.6 Å². The van der Waals surface area contributed by atoms with Gasteiger partial charge in [-0.05, 0) is 35.9 Å². The van der Waals surface area contributed by atoms with Crippen LogP contribution in [0, 0.1) is 0 Å². The van der Waals surface area contributed by atoms with Crippen molar-refractivity contribution in [3.05, 3.63) is 90.0 Å². The van der Waals surface area contributed by atoms with Gasteiger partial charge in [0.05, 0.1) is 44.5 Å². The van der Waals surface area contributed by atoms with Gasteiger partial charge < -0.3 is 14.8 Å². The lowest BCUT2D eigenvalue weighted by molar-refractivity contribution is 0.102. The molecule has 5 rings (SSSR count). The first-order valence-corrected chi connectivity index (χ1v) is 11.2. The largest absolute Gasteiger partial charge is 0.497 e. The topological polar surface area (TPSA) is 95.6 Å². The highest BCUT2D eigenvalue weighted by Gasteiger charge is 2.22. The average Bonchev–Trinajstić information content (AvgIpc) is 3.54. The predicted molar refractivity (Wildman–Crippen MR) is 132 cm³/mol. The first-order valence-electron chi connectivity index (χ1n) is 11.2. The molecule has 11 heteroatoms. The van der Waals surface area contributed by atoms with E-state index < -0.39 is 18.0 Å². The molecule has 0 saturated carbocycles. The van der Waals surface area contributed by atoms with E-state index in [9.17, 15) is 13.6 Å². The number of aromatic nitrogens is 5. The van der Waals surface area contributed by atoms with E-state index in [1.807, 2.05) is 24.3 Å². The van der Waals surface area contributed by atoms with E-state index in [4.69, 9.17) is 9.47 Å². The summed E-state index contributed by atoms with van der Waals surface area (Å²) in [6, 6.07) is 15.7. The molecule has 5 aromatic rings. The molecular weight excluding hydrogens is 482 g/mol. The van der Waals surface area contributed by atoms with Crippen molar-refractivity contribution in [1.82, 2.24) is 24.4 Å². The number of rotatable bonds is 8. The SMILES string of the molecule is COc1cccc(Cn2cc(NC(=O)c3cnn4c(C(F)F)cc(-c5ccccc5OC)nc34)cn2)c1. The van der Waals surface area contributed by atoms with E-state index >= 15 is 0 Å². The van der Waals surface area contributed by atoms with Crippen LogP contribution in [0.2, 0.25) is 0 Å². The molecule has 2 aromatic carbocycles. The van der Waals surface area contributed by atoms with Crippen molar-refractivity contribution in [3.63, 3.8) is 0 Å². The van der Waals surface area contributed by atoms with Gasteiger partial charge in [-0.3, -0.25) is 9.48 Å². The van der Waals surface area contributed by atoms with E-state index in [0.29, 0.717) is 23.5 Å². The molecule has 0 atom stereocenters. The molecule has 9 nitrogen and oxygen atoms in total. The lowest BCUT2D eigenvalue weighted by Gasteiger charge is -2.11. The number of amides is 1. The summed E-state index contributed by atoms with van der Waals surface area (Å²) >= 11 is 0. The highest BCUT2D eigenvalue weighted by Crippen LogP contribution is 2.32. The number of nitrogens with zero attached hydrogens (tertiary/aromatic N) is 5. The maximum absolute atomic E-state index is 13.9. The first-order chi connectivity index (χ1) is 18.0. The van der Waals surface area contributed by atoms with Crippen molar-refractivity contribution in [2.24, 2.45) is 0 Å². The summed E-state index contributed by atoms with van der Waals surface area (Å²) in [5.41, 5.74) is 1.80. The number of ether oxygens (including phenoxy) is 2. The van der Waals surface area contributed by atoms with Crippen molar-refractivity contribution < 1.29 is 23.0 Å². The zero-order valence-corrected chi connectivity index (χ0v) is 19.9. The third-order valence-corrected chi connectivity index (χ3v) is 5.72. The fraction of sp³-hybridized carbons (Fsp3) is 0.154. The summed E-state index contributed by atoms with van der Waals surface area (Å²) in [6.45, 7) is 0.464. The summed E-state index contributed by atoms with van der Waals surface area (Å²) < 4.78 is 41.1. The number of hydrogen-bond acceptors (Lipinski definition) is 6. The van der Waals surface area contributed by atoms with Crippen molar-refractivity contribution in [3.8, 4) is 22.8 Å². The van der Waals surface area contributed by atoms with Gasteiger partial charge in [0.25, 0.3) is 12.3 Å². The number of halogens is 2. The fourth-order valence-corrected chi connectivity index (χ4v) is 3.97. The van der Waals surface area contributed by atoms with Crippen LogP contribution < -0.4 is 14.8 Å². The summed E-state index contributed by atoms with van der Waals surface area (Å²) in [5.74, 6) is 0.642. The second kappa shape index (κ2) is 10.1. The van der Waals surface area contributed by atoms with Gasteiger partial charge in [0.2, 0.25) is 0 Å². The Bertz CT molecular complexity index is 1580. The minimum absolute atomic E-state index is 0.0000199. The average molecular weight is 504 g/mol. The molecule has 3 aromatic heterocycles. The molecule has 1 amide bonds. The first kappa shape index (κ1) is 23.9. The van der Waals surface area contributed by atoms with Crippen LogP contribution in [-0.4, -0.2) is 44.5 Å². The van der Waals surface area contributed by atoms with Crippen molar-refractivity contribution in [2.75, 3.05) is 19.5 Å². The molecule has 0 aliphatic heterocycles. The van der Waals surface area contributed by atoms with Crippen LogP contribution in [0.15, 0.2) is 73.2 Å². The van der Waals surface area contributed by atoms with Gasteiger partial charge in [0, 0.05) is 11.8 Å². The molecule has 1 N–H and O–H groups in total. The van der Waals surface area contributed by atoms with Crippen LogP contribution in [0.4, 0.5) is 14.5 Å². The normalized spacial score (nSPS) is 11.2. The highest BCUT2D eigenvalue weighted by molar-refractivity contribution is 6.08. The Balaban J connectivity index is 1.44. The molecule has 0 saturated heterocycles.